The largest absolute Gasteiger partial charge is 0.394 e. The predicted octanol–water partition coefficient (Wildman–Crippen LogP) is -2.43. The van der Waals surface area contributed by atoms with Gasteiger partial charge in [0, 0.05) is 7.11 Å². The van der Waals surface area contributed by atoms with Crippen LogP contribution in [0, 0.1) is 0 Å². The molecule has 4 N–H and O–H groups in total. The number of hydrogen-bond acceptors (Lipinski definition) is 14. The molecule has 0 radical (unpaired) electrons. The molecule has 1 fully saturated rings. The molecule has 0 aliphatic carbocycles. The Balaban J connectivity index is 2.90. The summed E-state index contributed by atoms with van der Waals surface area (Å²) < 4.78 is 56.9. The van der Waals surface area contributed by atoms with Crippen LogP contribution in [0.25, 0.3) is 0 Å². The van der Waals surface area contributed by atoms with Gasteiger partial charge in [0.2, 0.25) is 0 Å². The van der Waals surface area contributed by atoms with Crippen molar-refractivity contribution in [3.8, 4) is 0 Å². The molecule has 14 nitrogen and oxygen atoms in total. The van der Waals surface area contributed by atoms with Crippen molar-refractivity contribution in [3.63, 3.8) is 0 Å². The van der Waals surface area contributed by atoms with Crippen molar-refractivity contribution in [1.29, 1.82) is 0 Å². The van der Waals surface area contributed by atoms with Gasteiger partial charge in [-0.25, -0.2) is 0 Å². The molecular weight excluding hydrogens is 500 g/mol. The van der Waals surface area contributed by atoms with Crippen LogP contribution in [0.1, 0.15) is 0 Å². The zero-order valence-corrected chi connectivity index (χ0v) is 21.8. The fourth-order valence-electron chi connectivity index (χ4n) is 3.48. The monoisotopic (exact) mass is 546 g/mol. The van der Waals surface area contributed by atoms with E-state index in [4.69, 9.17) is 67.8 Å². The van der Waals surface area contributed by atoms with E-state index < -0.39 is 30.7 Å². The van der Waals surface area contributed by atoms with Crippen LogP contribution in [0.15, 0.2) is 0 Å². The van der Waals surface area contributed by atoms with Gasteiger partial charge in [0.05, 0.1) is 112 Å². The number of methoxy groups -OCH3 is 1. The van der Waals surface area contributed by atoms with Crippen LogP contribution in [-0.2, 0) is 47.4 Å². The minimum atomic E-state index is -0.800. The molecule has 0 saturated carbocycles. The van der Waals surface area contributed by atoms with Crippen molar-refractivity contribution < 1.29 is 67.8 Å². The molecule has 0 aromatic rings. The predicted molar refractivity (Wildman–Crippen MR) is 127 cm³/mol. The van der Waals surface area contributed by atoms with E-state index >= 15 is 0 Å². The normalized spacial score (nSPS) is 24.1. The second-order valence-corrected chi connectivity index (χ2v) is 7.70. The summed E-state index contributed by atoms with van der Waals surface area (Å²) in [4.78, 5) is 0. The maximum absolute atomic E-state index is 8.94. The topological polar surface area (TPSA) is 173 Å². The average Bonchev–Trinajstić information content (AvgIpc) is 2.91. The Morgan fingerprint density at radius 1 is 0.486 bits per heavy atom. The van der Waals surface area contributed by atoms with Gasteiger partial charge in [0.25, 0.3) is 0 Å². The molecule has 14 heteroatoms. The van der Waals surface area contributed by atoms with E-state index in [0.29, 0.717) is 6.61 Å². The molecule has 0 aromatic heterocycles. The van der Waals surface area contributed by atoms with Crippen LogP contribution in [0.5, 0.6) is 0 Å². The standard InChI is InChI=1S/C23H46O14/c1-28-23-22(36-17-14-32-9-5-27)21(35-16-13-31-8-4-26)20(34-15-12-30-7-3-25)19(37-23)18-33-11-10-29-6-2-24/h19-27H,2-18H2,1H3/t19-,20-,21+,22-,23?/m1/s1. The molecule has 1 rings (SSSR count). The minimum Gasteiger partial charge on any atom is -0.394 e. The highest BCUT2D eigenvalue weighted by atomic mass is 16.7. The van der Waals surface area contributed by atoms with Crippen molar-refractivity contribution in [2.75, 3.05) is 119 Å². The summed E-state index contributed by atoms with van der Waals surface area (Å²) in [7, 11) is 1.50. The van der Waals surface area contributed by atoms with Gasteiger partial charge in [-0.15, -0.1) is 0 Å². The van der Waals surface area contributed by atoms with E-state index in [1.165, 1.54) is 7.11 Å². The summed E-state index contributed by atoms with van der Waals surface area (Å²) in [6, 6.07) is 0. The summed E-state index contributed by atoms with van der Waals surface area (Å²) in [6.07, 6.45) is -3.36. The number of ether oxygens (including phenoxy) is 10. The van der Waals surface area contributed by atoms with Gasteiger partial charge in [-0.2, -0.15) is 0 Å². The molecular formula is C23H46O14. The van der Waals surface area contributed by atoms with Gasteiger partial charge in [-0.1, -0.05) is 0 Å². The first kappa shape index (κ1) is 34.5. The quantitative estimate of drug-likeness (QED) is 0.0843. The second-order valence-electron chi connectivity index (χ2n) is 7.70. The van der Waals surface area contributed by atoms with Gasteiger partial charge in [0.15, 0.2) is 6.29 Å². The Bertz CT molecular complexity index is 488. The smallest absolute Gasteiger partial charge is 0.186 e. The molecule has 1 aliphatic heterocycles. The van der Waals surface area contributed by atoms with Crippen molar-refractivity contribution in [3.05, 3.63) is 0 Å². The van der Waals surface area contributed by atoms with Gasteiger partial charge >= 0.3 is 0 Å². The Morgan fingerprint density at radius 3 is 1.35 bits per heavy atom. The van der Waals surface area contributed by atoms with E-state index in [1.54, 1.807) is 0 Å². The van der Waals surface area contributed by atoms with E-state index in [9.17, 15) is 0 Å². The molecule has 1 heterocycles. The first-order valence-electron chi connectivity index (χ1n) is 12.6. The van der Waals surface area contributed by atoms with Crippen LogP contribution in [0.4, 0.5) is 0 Å². The molecule has 222 valence electrons. The van der Waals surface area contributed by atoms with Crippen molar-refractivity contribution >= 4 is 0 Å². The highest BCUT2D eigenvalue weighted by Gasteiger charge is 2.48. The van der Waals surface area contributed by atoms with Gasteiger partial charge in [-0.3, -0.25) is 0 Å². The molecule has 0 aromatic carbocycles. The maximum Gasteiger partial charge on any atom is 0.186 e. The first-order valence-corrected chi connectivity index (χ1v) is 12.6. The van der Waals surface area contributed by atoms with Gasteiger partial charge < -0.3 is 67.8 Å². The Morgan fingerprint density at radius 2 is 0.892 bits per heavy atom. The van der Waals surface area contributed by atoms with Crippen LogP contribution in [0.2, 0.25) is 0 Å². The fourth-order valence-corrected chi connectivity index (χ4v) is 3.48. The van der Waals surface area contributed by atoms with E-state index in [-0.39, 0.29) is 106 Å². The minimum absolute atomic E-state index is 0.0665. The molecule has 37 heavy (non-hydrogen) atoms. The lowest BCUT2D eigenvalue weighted by Crippen LogP contribution is -2.62. The van der Waals surface area contributed by atoms with Crippen molar-refractivity contribution in [2.24, 2.45) is 0 Å². The molecule has 1 saturated heterocycles. The van der Waals surface area contributed by atoms with E-state index in [0.717, 1.165) is 0 Å². The zero-order valence-electron chi connectivity index (χ0n) is 21.8. The summed E-state index contributed by atoms with van der Waals surface area (Å²) >= 11 is 0. The summed E-state index contributed by atoms with van der Waals surface area (Å²) in [5.74, 6) is 0. The maximum atomic E-state index is 8.94. The zero-order chi connectivity index (χ0) is 27.0. The summed E-state index contributed by atoms with van der Waals surface area (Å²) in [5, 5.41) is 35.6. The van der Waals surface area contributed by atoms with Crippen molar-refractivity contribution in [2.45, 2.75) is 30.7 Å². The van der Waals surface area contributed by atoms with Crippen LogP contribution >= 0.6 is 0 Å². The number of hydrogen-bond donors (Lipinski definition) is 4. The molecule has 0 amide bonds. The molecule has 1 aliphatic rings. The van der Waals surface area contributed by atoms with Crippen LogP contribution in [0.3, 0.4) is 0 Å². The number of rotatable bonds is 26. The third-order valence-electron chi connectivity index (χ3n) is 5.03. The van der Waals surface area contributed by atoms with Gasteiger partial charge in [0.1, 0.15) is 24.4 Å². The van der Waals surface area contributed by atoms with Gasteiger partial charge in [-0.05, 0) is 0 Å². The Hall–Kier alpha value is -0.560. The summed E-state index contributed by atoms with van der Waals surface area (Å²) in [5.41, 5.74) is 0. The molecule has 0 bridgehead atoms. The third kappa shape index (κ3) is 15.6. The Kier molecular flexibility index (Phi) is 22.8. The summed E-state index contributed by atoms with van der Waals surface area (Å²) in [6.45, 7) is 2.56. The fraction of sp³-hybridized carbons (Fsp3) is 1.00. The average molecular weight is 547 g/mol. The highest BCUT2D eigenvalue weighted by Crippen LogP contribution is 2.29. The highest BCUT2D eigenvalue weighted by molar-refractivity contribution is 4.93. The third-order valence-corrected chi connectivity index (χ3v) is 5.03. The SMILES string of the molecule is COC1O[C@H](COCCOCCO)[C@@H](OCCOCCO)[C@H](OCCOCCO)[C@H]1OCCOCCO. The number of aliphatic hydroxyl groups is 4. The number of aliphatic hydroxyl groups excluding tert-OH is 4. The van der Waals surface area contributed by atoms with E-state index in [2.05, 4.69) is 0 Å². The molecule has 0 spiro atoms. The van der Waals surface area contributed by atoms with Crippen molar-refractivity contribution in [1.82, 2.24) is 0 Å². The molecule has 5 atom stereocenters. The van der Waals surface area contributed by atoms with Crippen LogP contribution < -0.4 is 0 Å². The molecule has 1 unspecified atom stereocenters. The lowest BCUT2D eigenvalue weighted by atomic mass is 9.98. The Labute approximate surface area is 218 Å². The van der Waals surface area contributed by atoms with E-state index in [1.807, 2.05) is 0 Å². The second kappa shape index (κ2) is 24.5. The first-order chi connectivity index (χ1) is 18.2. The lowest BCUT2D eigenvalue weighted by molar-refractivity contribution is -0.320. The lowest BCUT2D eigenvalue weighted by Gasteiger charge is -2.45. The van der Waals surface area contributed by atoms with Crippen LogP contribution in [-0.4, -0.2) is 171 Å².